The molecule has 0 aliphatic carbocycles. The van der Waals surface area contributed by atoms with Gasteiger partial charge in [-0.2, -0.15) is 0 Å². The van der Waals surface area contributed by atoms with Crippen molar-refractivity contribution in [1.82, 2.24) is 5.32 Å². The predicted octanol–water partition coefficient (Wildman–Crippen LogP) is 3.30. The van der Waals surface area contributed by atoms with Crippen LogP contribution >= 0.6 is 0 Å². The maximum absolute atomic E-state index is 11.7. The smallest absolute Gasteiger partial charge is 0.407 e. The van der Waals surface area contributed by atoms with Crippen molar-refractivity contribution in [2.75, 3.05) is 13.7 Å². The average Bonchev–Trinajstić information content (AvgIpc) is 2.55. The summed E-state index contributed by atoms with van der Waals surface area (Å²) < 4.78 is 10.5. The molecule has 0 fully saturated rings. The van der Waals surface area contributed by atoms with Crippen LogP contribution in [-0.4, -0.2) is 19.7 Å². The number of nitrogens with one attached hydrogen (secondary N) is 1. The Kier molecular flexibility index (Phi) is 5.79. The Balaban J connectivity index is 1.77. The van der Waals surface area contributed by atoms with Gasteiger partial charge in [0, 0.05) is 7.11 Å². The van der Waals surface area contributed by atoms with E-state index in [0.29, 0.717) is 6.54 Å². The van der Waals surface area contributed by atoms with Crippen LogP contribution in [0.2, 0.25) is 0 Å². The number of benzene rings is 2. The van der Waals surface area contributed by atoms with E-state index in [9.17, 15) is 4.79 Å². The van der Waals surface area contributed by atoms with Crippen LogP contribution in [0.1, 0.15) is 17.2 Å². The quantitative estimate of drug-likeness (QED) is 0.886. The van der Waals surface area contributed by atoms with Crippen LogP contribution in [0.25, 0.3) is 0 Å². The summed E-state index contributed by atoms with van der Waals surface area (Å²) in [6.07, 6.45) is -0.632. The molecule has 0 saturated heterocycles. The highest BCUT2D eigenvalue weighted by Crippen LogP contribution is 2.14. The van der Waals surface area contributed by atoms with Gasteiger partial charge in [-0.05, 0) is 11.1 Å². The molecule has 0 spiro atoms. The lowest BCUT2D eigenvalue weighted by atomic mass is 10.1. The van der Waals surface area contributed by atoms with Crippen molar-refractivity contribution in [2.45, 2.75) is 12.7 Å². The van der Waals surface area contributed by atoms with Crippen molar-refractivity contribution >= 4 is 6.09 Å². The van der Waals surface area contributed by atoms with Crippen molar-refractivity contribution < 1.29 is 14.3 Å². The third-order valence-electron chi connectivity index (χ3n) is 3.10. The zero-order valence-corrected chi connectivity index (χ0v) is 12.0. The molecule has 1 N–H and O–H groups in total. The molecule has 110 valence electrons. The monoisotopic (exact) mass is 285 g/mol. The zero-order chi connectivity index (χ0) is 14.9. The second kappa shape index (κ2) is 8.07. The molecule has 0 heterocycles. The molecule has 2 aromatic rings. The Hall–Kier alpha value is -2.33. The molecule has 4 nitrogen and oxygen atoms in total. The van der Waals surface area contributed by atoms with E-state index in [-0.39, 0.29) is 12.7 Å². The van der Waals surface area contributed by atoms with Gasteiger partial charge in [0.15, 0.2) is 0 Å². The summed E-state index contributed by atoms with van der Waals surface area (Å²) in [6.45, 7) is 0.629. The lowest BCUT2D eigenvalue weighted by molar-refractivity contribution is 0.0932. The first kappa shape index (κ1) is 15.1. The molecule has 0 aliphatic rings. The summed E-state index contributed by atoms with van der Waals surface area (Å²) in [5.74, 6) is 0. The number of hydrogen-bond acceptors (Lipinski definition) is 3. The second-order valence-corrected chi connectivity index (χ2v) is 4.58. The molecule has 21 heavy (non-hydrogen) atoms. The topological polar surface area (TPSA) is 47.6 Å². The Morgan fingerprint density at radius 1 is 1.05 bits per heavy atom. The third kappa shape index (κ3) is 4.93. The largest absolute Gasteiger partial charge is 0.445 e. The average molecular weight is 285 g/mol. The fourth-order valence-corrected chi connectivity index (χ4v) is 1.96. The highest BCUT2D eigenvalue weighted by Gasteiger charge is 2.12. The molecular formula is C17H19NO3. The summed E-state index contributed by atoms with van der Waals surface area (Å²) in [5, 5.41) is 2.72. The number of carbonyl (C=O) groups is 1. The summed E-state index contributed by atoms with van der Waals surface area (Å²) in [7, 11) is 1.62. The van der Waals surface area contributed by atoms with Crippen molar-refractivity contribution in [1.29, 1.82) is 0 Å². The fraction of sp³-hybridized carbons (Fsp3) is 0.235. The Morgan fingerprint density at radius 3 is 2.29 bits per heavy atom. The Bertz CT molecular complexity index is 542. The van der Waals surface area contributed by atoms with Crippen LogP contribution in [0, 0.1) is 0 Å². The van der Waals surface area contributed by atoms with Crippen LogP contribution < -0.4 is 5.32 Å². The van der Waals surface area contributed by atoms with E-state index in [1.165, 1.54) is 0 Å². The highest BCUT2D eigenvalue weighted by molar-refractivity contribution is 5.67. The molecule has 1 atom stereocenters. The molecule has 0 aliphatic heterocycles. The van der Waals surface area contributed by atoms with E-state index in [1.807, 2.05) is 60.7 Å². The van der Waals surface area contributed by atoms with Crippen LogP contribution in [0.4, 0.5) is 4.79 Å². The van der Waals surface area contributed by atoms with E-state index in [4.69, 9.17) is 9.47 Å². The van der Waals surface area contributed by atoms with Crippen molar-refractivity contribution in [3.8, 4) is 0 Å². The van der Waals surface area contributed by atoms with E-state index in [2.05, 4.69) is 5.32 Å². The van der Waals surface area contributed by atoms with E-state index >= 15 is 0 Å². The van der Waals surface area contributed by atoms with Crippen molar-refractivity contribution in [2.24, 2.45) is 0 Å². The standard InChI is InChI=1S/C17H19NO3/c1-20-16(15-10-6-3-7-11-15)12-18-17(19)21-13-14-8-4-2-5-9-14/h2-11,16H,12-13H2,1H3,(H,18,19). The lowest BCUT2D eigenvalue weighted by Crippen LogP contribution is -2.29. The molecule has 0 saturated carbocycles. The summed E-state index contributed by atoms with van der Waals surface area (Å²) >= 11 is 0. The minimum absolute atomic E-state index is 0.185. The van der Waals surface area contributed by atoms with Crippen molar-refractivity contribution in [3.63, 3.8) is 0 Å². The van der Waals surface area contributed by atoms with E-state index in [0.717, 1.165) is 11.1 Å². The number of carbonyl (C=O) groups excluding carboxylic acids is 1. The summed E-state index contributed by atoms with van der Waals surface area (Å²) in [4.78, 5) is 11.7. The molecular weight excluding hydrogens is 266 g/mol. The molecule has 2 aromatic carbocycles. The SMILES string of the molecule is COC(CNC(=O)OCc1ccccc1)c1ccccc1. The molecule has 2 rings (SSSR count). The van der Waals surface area contributed by atoms with Gasteiger partial charge in [0.25, 0.3) is 0 Å². The van der Waals surface area contributed by atoms with Gasteiger partial charge in [0.1, 0.15) is 6.61 Å². The van der Waals surface area contributed by atoms with Gasteiger partial charge in [0.2, 0.25) is 0 Å². The zero-order valence-electron chi connectivity index (χ0n) is 12.0. The highest BCUT2D eigenvalue weighted by atomic mass is 16.5. The van der Waals surface area contributed by atoms with Gasteiger partial charge in [0.05, 0.1) is 12.6 Å². The molecule has 0 aromatic heterocycles. The number of alkyl carbamates (subject to hydrolysis) is 1. The maximum atomic E-state index is 11.7. The number of rotatable bonds is 6. The van der Waals surface area contributed by atoms with Gasteiger partial charge < -0.3 is 14.8 Å². The third-order valence-corrected chi connectivity index (χ3v) is 3.10. The van der Waals surface area contributed by atoms with Gasteiger partial charge in [-0.15, -0.1) is 0 Å². The Morgan fingerprint density at radius 2 is 1.67 bits per heavy atom. The Labute approximate surface area is 124 Å². The normalized spacial score (nSPS) is 11.7. The number of methoxy groups -OCH3 is 1. The summed E-state index contributed by atoms with van der Waals surface area (Å²) in [5.41, 5.74) is 1.97. The van der Waals surface area contributed by atoms with E-state index in [1.54, 1.807) is 7.11 Å². The minimum atomic E-state index is -0.447. The van der Waals surface area contributed by atoms with E-state index < -0.39 is 6.09 Å². The number of hydrogen-bond donors (Lipinski definition) is 1. The van der Waals surface area contributed by atoms with Crippen LogP contribution in [0.15, 0.2) is 60.7 Å². The molecule has 1 amide bonds. The van der Waals surface area contributed by atoms with Gasteiger partial charge in [-0.1, -0.05) is 60.7 Å². The molecule has 1 unspecified atom stereocenters. The molecule has 4 heteroatoms. The fourth-order valence-electron chi connectivity index (χ4n) is 1.96. The predicted molar refractivity (Wildman–Crippen MR) is 80.8 cm³/mol. The lowest BCUT2D eigenvalue weighted by Gasteiger charge is -2.16. The van der Waals surface area contributed by atoms with Crippen LogP contribution in [0.5, 0.6) is 0 Å². The van der Waals surface area contributed by atoms with Crippen LogP contribution in [0.3, 0.4) is 0 Å². The first-order valence-corrected chi connectivity index (χ1v) is 6.82. The first-order chi connectivity index (χ1) is 10.3. The van der Waals surface area contributed by atoms with Gasteiger partial charge in [-0.3, -0.25) is 0 Å². The first-order valence-electron chi connectivity index (χ1n) is 6.82. The summed E-state index contributed by atoms with van der Waals surface area (Å²) in [6, 6.07) is 19.3. The van der Waals surface area contributed by atoms with Crippen LogP contribution in [-0.2, 0) is 16.1 Å². The number of ether oxygens (including phenoxy) is 2. The maximum Gasteiger partial charge on any atom is 0.407 e. The molecule has 0 bridgehead atoms. The van der Waals surface area contributed by atoms with Crippen molar-refractivity contribution in [3.05, 3.63) is 71.8 Å². The molecule has 0 radical (unpaired) electrons. The second-order valence-electron chi connectivity index (χ2n) is 4.58. The number of amides is 1. The van der Waals surface area contributed by atoms with Gasteiger partial charge >= 0.3 is 6.09 Å². The van der Waals surface area contributed by atoms with Gasteiger partial charge in [-0.25, -0.2) is 4.79 Å². The minimum Gasteiger partial charge on any atom is -0.445 e.